The molecule has 0 amide bonds. The summed E-state index contributed by atoms with van der Waals surface area (Å²) in [7, 11) is 2.15. The van der Waals surface area contributed by atoms with Gasteiger partial charge in [0.15, 0.2) is 5.13 Å². The molecule has 1 aromatic heterocycles. The van der Waals surface area contributed by atoms with Gasteiger partial charge in [-0.3, -0.25) is 4.90 Å². The van der Waals surface area contributed by atoms with Crippen molar-refractivity contribution in [1.29, 1.82) is 0 Å². The van der Waals surface area contributed by atoms with Gasteiger partial charge in [-0.15, -0.1) is 11.3 Å². The second kappa shape index (κ2) is 3.03. The minimum Gasteiger partial charge on any atom is -0.375 e. The van der Waals surface area contributed by atoms with Crippen molar-refractivity contribution in [2.75, 3.05) is 12.8 Å². The molecule has 1 saturated carbocycles. The maximum Gasteiger partial charge on any atom is 0.180 e. The van der Waals surface area contributed by atoms with Crippen LogP contribution in [0.2, 0.25) is 0 Å². The summed E-state index contributed by atoms with van der Waals surface area (Å²) in [4.78, 5) is 6.56. The number of aromatic nitrogens is 1. The summed E-state index contributed by atoms with van der Waals surface area (Å²) in [5.74, 6) is 0. The maximum atomic E-state index is 5.53. The van der Waals surface area contributed by atoms with Crippen LogP contribution < -0.4 is 5.73 Å². The van der Waals surface area contributed by atoms with Gasteiger partial charge in [-0.25, -0.2) is 4.98 Å². The van der Waals surface area contributed by atoms with E-state index in [0.29, 0.717) is 5.13 Å². The van der Waals surface area contributed by atoms with Crippen LogP contribution in [0, 0.1) is 0 Å². The molecule has 0 atom stereocenters. The Hall–Kier alpha value is -0.610. The van der Waals surface area contributed by atoms with Gasteiger partial charge in [0.1, 0.15) is 0 Å². The topological polar surface area (TPSA) is 42.1 Å². The van der Waals surface area contributed by atoms with Gasteiger partial charge in [0, 0.05) is 18.0 Å². The molecular weight excluding hydrogens is 170 g/mol. The van der Waals surface area contributed by atoms with Crippen LogP contribution in [0.3, 0.4) is 0 Å². The smallest absolute Gasteiger partial charge is 0.180 e. The van der Waals surface area contributed by atoms with E-state index in [2.05, 4.69) is 16.9 Å². The molecule has 12 heavy (non-hydrogen) atoms. The third-order valence-electron chi connectivity index (χ3n) is 2.15. The quantitative estimate of drug-likeness (QED) is 0.768. The number of rotatable bonds is 3. The van der Waals surface area contributed by atoms with Crippen molar-refractivity contribution in [3.8, 4) is 0 Å². The predicted molar refractivity (Wildman–Crippen MR) is 51.0 cm³/mol. The Balaban J connectivity index is 1.93. The Bertz CT molecular complexity index is 267. The number of hydrogen-bond donors (Lipinski definition) is 1. The molecule has 0 spiro atoms. The monoisotopic (exact) mass is 183 g/mol. The lowest BCUT2D eigenvalue weighted by Gasteiger charge is -2.12. The van der Waals surface area contributed by atoms with Gasteiger partial charge >= 0.3 is 0 Å². The lowest BCUT2D eigenvalue weighted by molar-refractivity contribution is 0.313. The molecule has 0 saturated heterocycles. The third kappa shape index (κ3) is 1.76. The standard InChI is InChI=1S/C8H13N3S/c1-11(7-2-3-7)4-6-5-12-8(9)10-6/h5,7H,2-4H2,1H3,(H2,9,10). The van der Waals surface area contributed by atoms with Crippen LogP contribution in [0.25, 0.3) is 0 Å². The molecule has 1 aliphatic rings. The fourth-order valence-electron chi connectivity index (χ4n) is 1.30. The largest absolute Gasteiger partial charge is 0.375 e. The van der Waals surface area contributed by atoms with Crippen molar-refractivity contribution >= 4 is 16.5 Å². The molecule has 0 bridgehead atoms. The average Bonchev–Trinajstić information content (AvgIpc) is 2.78. The number of hydrogen-bond acceptors (Lipinski definition) is 4. The van der Waals surface area contributed by atoms with Crippen LogP contribution >= 0.6 is 11.3 Å². The fourth-order valence-corrected chi connectivity index (χ4v) is 1.85. The SMILES string of the molecule is CN(Cc1csc(N)n1)C1CC1. The molecule has 0 unspecified atom stereocenters. The first kappa shape index (κ1) is 8.01. The van der Waals surface area contributed by atoms with Crippen molar-refractivity contribution in [3.05, 3.63) is 11.1 Å². The summed E-state index contributed by atoms with van der Waals surface area (Å²) in [6.45, 7) is 0.943. The third-order valence-corrected chi connectivity index (χ3v) is 2.87. The summed E-state index contributed by atoms with van der Waals surface area (Å²) in [5.41, 5.74) is 6.64. The maximum absolute atomic E-state index is 5.53. The summed E-state index contributed by atoms with van der Waals surface area (Å²) in [6.07, 6.45) is 2.69. The summed E-state index contributed by atoms with van der Waals surface area (Å²) in [5, 5.41) is 2.71. The highest BCUT2D eigenvalue weighted by Gasteiger charge is 2.26. The number of nitrogens with zero attached hydrogens (tertiary/aromatic N) is 2. The van der Waals surface area contributed by atoms with Crippen LogP contribution in [-0.2, 0) is 6.54 Å². The van der Waals surface area contributed by atoms with Gasteiger partial charge in [-0.2, -0.15) is 0 Å². The molecule has 0 aromatic carbocycles. The van der Waals surface area contributed by atoms with E-state index < -0.39 is 0 Å². The molecule has 2 rings (SSSR count). The van der Waals surface area contributed by atoms with Crippen molar-refractivity contribution in [2.24, 2.45) is 0 Å². The van der Waals surface area contributed by atoms with Gasteiger partial charge in [-0.05, 0) is 19.9 Å². The Labute approximate surface area is 76.2 Å². The molecule has 0 aliphatic heterocycles. The Morgan fingerprint density at radius 2 is 2.50 bits per heavy atom. The van der Waals surface area contributed by atoms with Crippen molar-refractivity contribution in [3.63, 3.8) is 0 Å². The van der Waals surface area contributed by atoms with Gasteiger partial charge in [0.05, 0.1) is 5.69 Å². The van der Waals surface area contributed by atoms with E-state index in [1.165, 1.54) is 24.2 Å². The van der Waals surface area contributed by atoms with E-state index in [4.69, 9.17) is 5.73 Å². The van der Waals surface area contributed by atoms with E-state index in [0.717, 1.165) is 18.3 Å². The Kier molecular flexibility index (Phi) is 2.02. The molecule has 3 nitrogen and oxygen atoms in total. The van der Waals surface area contributed by atoms with Crippen molar-refractivity contribution < 1.29 is 0 Å². The minimum absolute atomic E-state index is 0.675. The van der Waals surface area contributed by atoms with Crippen LogP contribution in [0.5, 0.6) is 0 Å². The number of nitrogens with two attached hydrogens (primary N) is 1. The fraction of sp³-hybridized carbons (Fsp3) is 0.625. The normalized spacial score (nSPS) is 17.2. The Morgan fingerprint density at radius 1 is 1.75 bits per heavy atom. The first-order chi connectivity index (χ1) is 5.75. The second-order valence-corrected chi connectivity index (χ2v) is 4.21. The van der Waals surface area contributed by atoms with Crippen molar-refractivity contribution in [1.82, 2.24) is 9.88 Å². The minimum atomic E-state index is 0.675. The molecule has 1 heterocycles. The van der Waals surface area contributed by atoms with E-state index in [-0.39, 0.29) is 0 Å². The number of nitrogen functional groups attached to an aromatic ring is 1. The highest BCUT2D eigenvalue weighted by Crippen LogP contribution is 2.26. The van der Waals surface area contributed by atoms with E-state index >= 15 is 0 Å². The first-order valence-electron chi connectivity index (χ1n) is 4.16. The summed E-state index contributed by atoms with van der Waals surface area (Å²) >= 11 is 1.52. The highest BCUT2D eigenvalue weighted by atomic mass is 32.1. The zero-order chi connectivity index (χ0) is 8.55. The summed E-state index contributed by atoms with van der Waals surface area (Å²) < 4.78 is 0. The van der Waals surface area contributed by atoms with E-state index in [1.54, 1.807) is 0 Å². The summed E-state index contributed by atoms with van der Waals surface area (Å²) in [6, 6.07) is 0.799. The molecule has 1 aromatic rings. The van der Waals surface area contributed by atoms with E-state index in [9.17, 15) is 0 Å². The molecule has 1 aliphatic carbocycles. The highest BCUT2D eigenvalue weighted by molar-refractivity contribution is 7.13. The first-order valence-corrected chi connectivity index (χ1v) is 5.04. The van der Waals surface area contributed by atoms with Gasteiger partial charge < -0.3 is 5.73 Å². The number of anilines is 1. The molecular formula is C8H13N3S. The van der Waals surface area contributed by atoms with Gasteiger partial charge in [0.2, 0.25) is 0 Å². The van der Waals surface area contributed by atoms with E-state index in [1.807, 2.05) is 5.38 Å². The molecule has 2 N–H and O–H groups in total. The van der Waals surface area contributed by atoms with Crippen LogP contribution in [-0.4, -0.2) is 23.0 Å². The molecule has 66 valence electrons. The van der Waals surface area contributed by atoms with Crippen molar-refractivity contribution in [2.45, 2.75) is 25.4 Å². The lowest BCUT2D eigenvalue weighted by atomic mass is 10.4. The zero-order valence-electron chi connectivity index (χ0n) is 7.16. The zero-order valence-corrected chi connectivity index (χ0v) is 7.97. The average molecular weight is 183 g/mol. The number of thiazole rings is 1. The van der Waals surface area contributed by atoms with Crippen LogP contribution in [0.15, 0.2) is 5.38 Å². The van der Waals surface area contributed by atoms with Crippen LogP contribution in [0.1, 0.15) is 18.5 Å². The van der Waals surface area contributed by atoms with Gasteiger partial charge in [-0.1, -0.05) is 0 Å². The molecule has 0 radical (unpaired) electrons. The Morgan fingerprint density at radius 3 is 3.00 bits per heavy atom. The molecule has 1 fully saturated rings. The molecule has 4 heteroatoms. The lowest BCUT2D eigenvalue weighted by Crippen LogP contribution is -2.20. The van der Waals surface area contributed by atoms with Crippen LogP contribution in [0.4, 0.5) is 5.13 Å². The second-order valence-electron chi connectivity index (χ2n) is 3.32. The predicted octanol–water partition coefficient (Wildman–Crippen LogP) is 1.32. The van der Waals surface area contributed by atoms with Gasteiger partial charge in [0.25, 0.3) is 0 Å².